The van der Waals surface area contributed by atoms with Crippen molar-refractivity contribution < 1.29 is 4.74 Å². The Kier molecular flexibility index (Phi) is 2.26. The first kappa shape index (κ1) is 11.0. The number of methoxy groups -OCH3 is 1. The van der Waals surface area contributed by atoms with E-state index in [2.05, 4.69) is 19.9 Å². The number of nitrogens with zero attached hydrogens (tertiary/aromatic N) is 2. The molecule has 0 aliphatic heterocycles. The molecule has 5 nitrogen and oxygen atoms in total. The molecule has 0 spiro atoms. The Hall–Kier alpha value is -2.82. The third-order valence-electron chi connectivity index (χ3n) is 3.30. The molecule has 0 unspecified atom stereocenters. The minimum atomic E-state index is 0.726. The number of rotatable bonds is 2. The molecule has 4 rings (SSSR count). The van der Waals surface area contributed by atoms with Gasteiger partial charge in [-0.25, -0.2) is 9.97 Å². The van der Waals surface area contributed by atoms with E-state index < -0.39 is 0 Å². The quantitative estimate of drug-likeness (QED) is 0.584. The minimum absolute atomic E-state index is 0.726. The molecule has 20 heavy (non-hydrogen) atoms. The van der Waals surface area contributed by atoms with E-state index in [9.17, 15) is 0 Å². The summed E-state index contributed by atoms with van der Waals surface area (Å²) in [7, 11) is 1.65. The van der Waals surface area contributed by atoms with Crippen LogP contribution in [0.3, 0.4) is 0 Å². The van der Waals surface area contributed by atoms with Gasteiger partial charge < -0.3 is 14.7 Å². The van der Waals surface area contributed by atoms with Gasteiger partial charge in [-0.2, -0.15) is 0 Å². The zero-order valence-corrected chi connectivity index (χ0v) is 10.8. The maximum Gasteiger partial charge on any atom is 0.174 e. The summed E-state index contributed by atoms with van der Waals surface area (Å²) < 4.78 is 5.21. The Labute approximate surface area is 114 Å². The topological polar surface area (TPSA) is 66.6 Å². The fourth-order valence-electron chi connectivity index (χ4n) is 2.29. The number of aromatic nitrogens is 4. The lowest BCUT2D eigenvalue weighted by Crippen LogP contribution is -1.82. The number of fused-ring (bicyclic) bond motifs is 2. The first-order valence-electron chi connectivity index (χ1n) is 6.32. The summed E-state index contributed by atoms with van der Waals surface area (Å²) in [4.78, 5) is 15.6. The Morgan fingerprint density at radius 2 is 1.55 bits per heavy atom. The van der Waals surface area contributed by atoms with E-state index in [1.165, 1.54) is 0 Å². The van der Waals surface area contributed by atoms with Crippen molar-refractivity contribution in [1.29, 1.82) is 0 Å². The van der Waals surface area contributed by atoms with Crippen molar-refractivity contribution in [2.24, 2.45) is 0 Å². The first-order chi connectivity index (χ1) is 9.83. The second-order valence-corrected chi connectivity index (χ2v) is 4.57. The van der Waals surface area contributed by atoms with Gasteiger partial charge in [0.25, 0.3) is 0 Å². The molecular weight excluding hydrogens is 252 g/mol. The molecule has 0 atom stereocenters. The van der Waals surface area contributed by atoms with Crippen LogP contribution < -0.4 is 4.74 Å². The number of hydrogen-bond acceptors (Lipinski definition) is 3. The second kappa shape index (κ2) is 4.09. The van der Waals surface area contributed by atoms with Crippen LogP contribution in [0.15, 0.2) is 42.5 Å². The fraction of sp³-hybridized carbons (Fsp3) is 0.0667. The van der Waals surface area contributed by atoms with Gasteiger partial charge in [0.15, 0.2) is 11.6 Å². The highest BCUT2D eigenvalue weighted by Gasteiger charge is 2.10. The van der Waals surface area contributed by atoms with Crippen LogP contribution in [0.25, 0.3) is 33.7 Å². The highest BCUT2D eigenvalue weighted by molar-refractivity contribution is 5.82. The maximum atomic E-state index is 5.21. The van der Waals surface area contributed by atoms with E-state index >= 15 is 0 Å². The molecule has 98 valence electrons. The number of aromatic amines is 2. The third kappa shape index (κ3) is 1.64. The van der Waals surface area contributed by atoms with E-state index in [1.54, 1.807) is 7.11 Å². The van der Waals surface area contributed by atoms with Crippen LogP contribution in [-0.2, 0) is 0 Å². The molecule has 0 saturated carbocycles. The van der Waals surface area contributed by atoms with E-state index in [0.717, 1.165) is 39.5 Å². The largest absolute Gasteiger partial charge is 0.497 e. The van der Waals surface area contributed by atoms with E-state index in [-0.39, 0.29) is 0 Å². The van der Waals surface area contributed by atoms with Crippen molar-refractivity contribution >= 4 is 22.1 Å². The normalized spacial score (nSPS) is 11.2. The Bertz CT molecular complexity index is 873. The third-order valence-corrected chi connectivity index (χ3v) is 3.30. The summed E-state index contributed by atoms with van der Waals surface area (Å²) in [5.74, 6) is 2.27. The number of hydrogen-bond donors (Lipinski definition) is 2. The lowest BCUT2D eigenvalue weighted by atomic mass is 10.3. The van der Waals surface area contributed by atoms with Gasteiger partial charge in [0.05, 0.1) is 29.2 Å². The van der Waals surface area contributed by atoms with Crippen LogP contribution in [0, 0.1) is 0 Å². The molecule has 2 heterocycles. The summed E-state index contributed by atoms with van der Waals surface area (Å²) in [6.45, 7) is 0. The van der Waals surface area contributed by atoms with Gasteiger partial charge >= 0.3 is 0 Å². The van der Waals surface area contributed by atoms with Crippen molar-refractivity contribution in [2.45, 2.75) is 0 Å². The van der Waals surface area contributed by atoms with Crippen molar-refractivity contribution in [3.8, 4) is 17.4 Å². The average molecular weight is 264 g/mol. The van der Waals surface area contributed by atoms with Gasteiger partial charge in [-0.15, -0.1) is 0 Å². The van der Waals surface area contributed by atoms with Crippen LogP contribution in [0.5, 0.6) is 5.75 Å². The zero-order valence-electron chi connectivity index (χ0n) is 10.8. The molecule has 0 bridgehead atoms. The van der Waals surface area contributed by atoms with Crippen LogP contribution in [0.1, 0.15) is 0 Å². The van der Waals surface area contributed by atoms with Crippen LogP contribution in [-0.4, -0.2) is 27.0 Å². The highest BCUT2D eigenvalue weighted by Crippen LogP contribution is 2.23. The Morgan fingerprint density at radius 1 is 0.850 bits per heavy atom. The van der Waals surface area contributed by atoms with Crippen LogP contribution in [0.4, 0.5) is 0 Å². The van der Waals surface area contributed by atoms with Gasteiger partial charge in [-0.1, -0.05) is 12.1 Å². The lowest BCUT2D eigenvalue weighted by molar-refractivity contribution is 0.415. The summed E-state index contributed by atoms with van der Waals surface area (Å²) in [6, 6.07) is 13.7. The summed E-state index contributed by atoms with van der Waals surface area (Å²) in [6.07, 6.45) is 0. The fourth-order valence-corrected chi connectivity index (χ4v) is 2.29. The molecule has 4 aromatic rings. The SMILES string of the molecule is COc1ccc2nc(-c3nc4ccccc4[nH]3)[nH]c2c1. The molecular formula is C15H12N4O. The highest BCUT2D eigenvalue weighted by atomic mass is 16.5. The first-order valence-corrected chi connectivity index (χ1v) is 6.32. The average Bonchev–Trinajstić information content (AvgIpc) is 3.09. The molecule has 0 aliphatic carbocycles. The van der Waals surface area contributed by atoms with E-state index in [4.69, 9.17) is 4.74 Å². The Morgan fingerprint density at radius 3 is 2.30 bits per heavy atom. The molecule has 2 aromatic carbocycles. The second-order valence-electron chi connectivity index (χ2n) is 4.57. The number of H-pyrrole nitrogens is 2. The number of ether oxygens (including phenoxy) is 1. The van der Waals surface area contributed by atoms with Crippen molar-refractivity contribution in [1.82, 2.24) is 19.9 Å². The molecule has 0 amide bonds. The molecule has 0 radical (unpaired) electrons. The van der Waals surface area contributed by atoms with Crippen LogP contribution >= 0.6 is 0 Å². The molecule has 2 aromatic heterocycles. The molecule has 0 saturated heterocycles. The number of para-hydroxylation sites is 2. The molecule has 2 N–H and O–H groups in total. The number of nitrogens with one attached hydrogen (secondary N) is 2. The Balaban J connectivity index is 1.88. The van der Waals surface area contributed by atoms with Crippen molar-refractivity contribution in [2.75, 3.05) is 7.11 Å². The standard InChI is InChI=1S/C15H12N4O/c1-20-9-6-7-12-13(8-9)19-15(18-12)14-16-10-4-2-3-5-11(10)17-14/h2-8H,1H3,(H,16,17)(H,18,19). The van der Waals surface area contributed by atoms with Gasteiger partial charge in [0.1, 0.15) is 5.75 Å². The smallest absolute Gasteiger partial charge is 0.174 e. The van der Waals surface area contributed by atoms with Gasteiger partial charge in [0, 0.05) is 6.07 Å². The maximum absolute atomic E-state index is 5.21. The molecule has 5 heteroatoms. The molecule has 0 aliphatic rings. The predicted octanol–water partition coefficient (Wildman–Crippen LogP) is 3.11. The van der Waals surface area contributed by atoms with Crippen molar-refractivity contribution in [3.05, 3.63) is 42.5 Å². The lowest BCUT2D eigenvalue weighted by Gasteiger charge is -1.96. The summed E-state index contributed by atoms with van der Waals surface area (Å²) in [5, 5.41) is 0. The number of benzene rings is 2. The monoisotopic (exact) mass is 264 g/mol. The van der Waals surface area contributed by atoms with E-state index in [0.29, 0.717) is 0 Å². The summed E-state index contributed by atoms with van der Waals surface area (Å²) in [5.41, 5.74) is 3.75. The van der Waals surface area contributed by atoms with Gasteiger partial charge in [-0.3, -0.25) is 0 Å². The zero-order chi connectivity index (χ0) is 13.5. The number of imidazole rings is 2. The predicted molar refractivity (Wildman–Crippen MR) is 77.7 cm³/mol. The van der Waals surface area contributed by atoms with Crippen molar-refractivity contribution in [3.63, 3.8) is 0 Å². The minimum Gasteiger partial charge on any atom is -0.497 e. The summed E-state index contributed by atoms with van der Waals surface area (Å²) >= 11 is 0. The van der Waals surface area contributed by atoms with Gasteiger partial charge in [0.2, 0.25) is 0 Å². The van der Waals surface area contributed by atoms with Gasteiger partial charge in [-0.05, 0) is 24.3 Å². The van der Waals surface area contributed by atoms with Crippen LogP contribution in [0.2, 0.25) is 0 Å². The van der Waals surface area contributed by atoms with E-state index in [1.807, 2.05) is 42.5 Å². The molecule has 0 fully saturated rings.